The molecule has 0 bridgehead atoms. The predicted octanol–water partition coefficient (Wildman–Crippen LogP) is 4.71. The molecule has 1 N–H and O–H groups in total. The smallest absolute Gasteiger partial charge is 0.248 e. The number of para-hydroxylation sites is 1. The third-order valence-electron chi connectivity index (χ3n) is 3.37. The maximum absolute atomic E-state index is 12.2. The number of carbonyl (C=O) groups excluding carboxylic acids is 1. The number of carbonyl (C=O) groups is 1. The van der Waals surface area contributed by atoms with Crippen molar-refractivity contribution in [3.05, 3.63) is 58.6 Å². The van der Waals surface area contributed by atoms with E-state index in [0.717, 1.165) is 16.9 Å². The zero-order chi connectivity index (χ0) is 17.5. The summed E-state index contributed by atoms with van der Waals surface area (Å²) in [4.78, 5) is 12.2. The SMILES string of the molecule is CCOc1ccccc1C=CC(=O)Nc1cc(C)c(Cl)cc1OC. The fourth-order valence-electron chi connectivity index (χ4n) is 2.17. The van der Waals surface area contributed by atoms with Gasteiger partial charge in [0.2, 0.25) is 5.91 Å². The number of nitrogens with one attached hydrogen (secondary N) is 1. The number of benzene rings is 2. The monoisotopic (exact) mass is 345 g/mol. The number of aryl methyl sites for hydroxylation is 1. The maximum atomic E-state index is 12.2. The number of ether oxygens (including phenoxy) is 2. The first kappa shape index (κ1) is 17.9. The summed E-state index contributed by atoms with van der Waals surface area (Å²) < 4.78 is 10.8. The van der Waals surface area contributed by atoms with Gasteiger partial charge in [0.1, 0.15) is 11.5 Å². The molecule has 2 aromatic carbocycles. The molecule has 0 saturated heterocycles. The molecule has 0 spiro atoms. The lowest BCUT2D eigenvalue weighted by Crippen LogP contribution is -2.09. The number of amides is 1. The molecular formula is C19H20ClNO3. The van der Waals surface area contributed by atoms with Gasteiger partial charge in [-0.05, 0) is 37.6 Å². The quantitative estimate of drug-likeness (QED) is 0.771. The fourth-order valence-corrected chi connectivity index (χ4v) is 2.33. The first-order chi connectivity index (χ1) is 11.5. The summed E-state index contributed by atoms with van der Waals surface area (Å²) in [5.41, 5.74) is 2.28. The molecule has 2 aromatic rings. The van der Waals surface area contributed by atoms with Crippen LogP contribution in [0.4, 0.5) is 5.69 Å². The molecule has 0 heterocycles. The molecule has 0 saturated carbocycles. The van der Waals surface area contributed by atoms with Gasteiger partial charge in [0, 0.05) is 22.7 Å². The van der Waals surface area contributed by atoms with Crippen LogP contribution in [0.2, 0.25) is 5.02 Å². The van der Waals surface area contributed by atoms with E-state index in [-0.39, 0.29) is 5.91 Å². The Bertz CT molecular complexity index is 756. The Morgan fingerprint density at radius 3 is 2.71 bits per heavy atom. The van der Waals surface area contributed by atoms with Gasteiger partial charge >= 0.3 is 0 Å². The molecule has 24 heavy (non-hydrogen) atoms. The summed E-state index contributed by atoms with van der Waals surface area (Å²) in [6.07, 6.45) is 3.18. The van der Waals surface area contributed by atoms with Crippen molar-refractivity contribution in [3.63, 3.8) is 0 Å². The first-order valence-electron chi connectivity index (χ1n) is 7.60. The number of methoxy groups -OCH3 is 1. The highest BCUT2D eigenvalue weighted by Gasteiger charge is 2.09. The third kappa shape index (κ3) is 4.52. The minimum absolute atomic E-state index is 0.263. The minimum Gasteiger partial charge on any atom is -0.495 e. The molecule has 5 heteroatoms. The predicted molar refractivity (Wildman–Crippen MR) is 98.0 cm³/mol. The third-order valence-corrected chi connectivity index (χ3v) is 3.78. The molecule has 0 fully saturated rings. The molecule has 2 rings (SSSR count). The van der Waals surface area contributed by atoms with Crippen molar-refractivity contribution in [3.8, 4) is 11.5 Å². The molecule has 0 aromatic heterocycles. The van der Waals surface area contributed by atoms with Gasteiger partial charge in [-0.3, -0.25) is 4.79 Å². The lowest BCUT2D eigenvalue weighted by atomic mass is 10.1. The van der Waals surface area contributed by atoms with Crippen LogP contribution in [0.15, 0.2) is 42.5 Å². The second kappa shape index (κ2) is 8.41. The Morgan fingerprint density at radius 2 is 2.00 bits per heavy atom. The molecule has 0 aliphatic heterocycles. The van der Waals surface area contributed by atoms with Crippen LogP contribution in [0.3, 0.4) is 0 Å². The Kier molecular flexibility index (Phi) is 6.27. The van der Waals surface area contributed by atoms with E-state index < -0.39 is 0 Å². The van der Waals surface area contributed by atoms with Crippen molar-refractivity contribution in [1.82, 2.24) is 0 Å². The largest absolute Gasteiger partial charge is 0.495 e. The Balaban J connectivity index is 2.15. The average molecular weight is 346 g/mol. The fraction of sp³-hybridized carbons (Fsp3) is 0.211. The van der Waals surface area contributed by atoms with E-state index in [9.17, 15) is 4.79 Å². The molecule has 0 atom stereocenters. The zero-order valence-electron chi connectivity index (χ0n) is 13.9. The highest BCUT2D eigenvalue weighted by Crippen LogP contribution is 2.31. The highest BCUT2D eigenvalue weighted by molar-refractivity contribution is 6.31. The summed E-state index contributed by atoms with van der Waals surface area (Å²) in [5, 5.41) is 3.39. The summed E-state index contributed by atoms with van der Waals surface area (Å²) in [5.74, 6) is 0.993. The van der Waals surface area contributed by atoms with Crippen molar-refractivity contribution in [2.45, 2.75) is 13.8 Å². The van der Waals surface area contributed by atoms with Crippen molar-refractivity contribution in [2.24, 2.45) is 0 Å². The summed E-state index contributed by atoms with van der Waals surface area (Å²) >= 11 is 6.07. The summed E-state index contributed by atoms with van der Waals surface area (Å²) in [6, 6.07) is 11.0. The van der Waals surface area contributed by atoms with Gasteiger partial charge in [0.25, 0.3) is 0 Å². The van der Waals surface area contributed by atoms with E-state index in [1.165, 1.54) is 13.2 Å². The molecule has 0 aliphatic rings. The summed E-state index contributed by atoms with van der Waals surface area (Å²) in [6.45, 7) is 4.35. The molecular weight excluding hydrogens is 326 g/mol. The van der Waals surface area contributed by atoms with Crippen molar-refractivity contribution in [2.75, 3.05) is 19.0 Å². The second-order valence-corrected chi connectivity index (χ2v) is 5.50. The maximum Gasteiger partial charge on any atom is 0.248 e. The van der Waals surface area contributed by atoms with Crippen LogP contribution in [0.1, 0.15) is 18.1 Å². The molecule has 4 nitrogen and oxygen atoms in total. The van der Waals surface area contributed by atoms with Gasteiger partial charge in [-0.25, -0.2) is 0 Å². The average Bonchev–Trinajstić information content (AvgIpc) is 2.57. The standard InChI is InChI=1S/C19H20ClNO3/c1-4-24-17-8-6-5-7-14(17)9-10-19(22)21-16-11-13(2)15(20)12-18(16)23-3/h5-12H,4H2,1-3H3,(H,21,22). The van der Waals surface area contributed by atoms with Gasteiger partial charge in [-0.2, -0.15) is 0 Å². The zero-order valence-corrected chi connectivity index (χ0v) is 14.7. The molecule has 126 valence electrons. The Morgan fingerprint density at radius 1 is 1.25 bits per heavy atom. The van der Waals surface area contributed by atoms with Gasteiger partial charge < -0.3 is 14.8 Å². The number of hydrogen-bond acceptors (Lipinski definition) is 3. The highest BCUT2D eigenvalue weighted by atomic mass is 35.5. The topological polar surface area (TPSA) is 47.6 Å². The first-order valence-corrected chi connectivity index (χ1v) is 7.98. The van der Waals surface area contributed by atoms with Crippen molar-refractivity contribution < 1.29 is 14.3 Å². The number of rotatable bonds is 6. The van der Waals surface area contributed by atoms with E-state index in [4.69, 9.17) is 21.1 Å². The van der Waals surface area contributed by atoms with Crippen LogP contribution >= 0.6 is 11.6 Å². The van der Waals surface area contributed by atoms with E-state index in [2.05, 4.69) is 5.32 Å². The molecule has 0 unspecified atom stereocenters. The van der Waals surface area contributed by atoms with Crippen LogP contribution < -0.4 is 14.8 Å². The lowest BCUT2D eigenvalue weighted by Gasteiger charge is -2.11. The van der Waals surface area contributed by atoms with E-state index in [1.54, 1.807) is 18.2 Å². The lowest BCUT2D eigenvalue weighted by molar-refractivity contribution is -0.111. The van der Waals surface area contributed by atoms with Crippen LogP contribution in [0, 0.1) is 6.92 Å². The van der Waals surface area contributed by atoms with E-state index in [0.29, 0.717) is 23.1 Å². The van der Waals surface area contributed by atoms with Gasteiger partial charge in [0.15, 0.2) is 0 Å². The van der Waals surface area contributed by atoms with Gasteiger partial charge in [-0.1, -0.05) is 29.8 Å². The van der Waals surface area contributed by atoms with Crippen molar-refractivity contribution in [1.29, 1.82) is 0 Å². The summed E-state index contributed by atoms with van der Waals surface area (Å²) in [7, 11) is 1.53. The molecule has 0 radical (unpaired) electrons. The van der Waals surface area contributed by atoms with E-state index >= 15 is 0 Å². The number of hydrogen-bond donors (Lipinski definition) is 1. The number of anilines is 1. The van der Waals surface area contributed by atoms with Crippen LogP contribution in [0.25, 0.3) is 6.08 Å². The number of halogens is 1. The van der Waals surface area contributed by atoms with Gasteiger partial charge in [0.05, 0.1) is 19.4 Å². The molecule has 0 aliphatic carbocycles. The van der Waals surface area contributed by atoms with Crippen LogP contribution in [-0.2, 0) is 4.79 Å². The normalized spacial score (nSPS) is 10.7. The van der Waals surface area contributed by atoms with Gasteiger partial charge in [-0.15, -0.1) is 0 Å². The Hall–Kier alpha value is -2.46. The van der Waals surface area contributed by atoms with E-state index in [1.807, 2.05) is 38.1 Å². The van der Waals surface area contributed by atoms with Crippen molar-refractivity contribution >= 4 is 29.3 Å². The minimum atomic E-state index is -0.263. The van der Waals surface area contributed by atoms with Crippen LogP contribution in [0.5, 0.6) is 11.5 Å². The van der Waals surface area contributed by atoms with Crippen LogP contribution in [-0.4, -0.2) is 19.6 Å². The Labute approximate surface area is 147 Å². The second-order valence-electron chi connectivity index (χ2n) is 5.10. The molecule has 1 amide bonds.